The first kappa shape index (κ1) is 11.3. The van der Waals surface area contributed by atoms with Crippen molar-refractivity contribution in [2.45, 2.75) is 0 Å². The first-order valence-corrected chi connectivity index (χ1v) is 5.05. The van der Waals surface area contributed by atoms with Crippen LogP contribution in [-0.2, 0) is 9.59 Å². The van der Waals surface area contributed by atoms with Gasteiger partial charge in [0.1, 0.15) is 5.65 Å². The smallest absolute Gasteiger partial charge is 0.376 e. The van der Waals surface area contributed by atoms with Crippen molar-refractivity contribution in [2.24, 2.45) is 0 Å². The average Bonchev–Trinajstić information content (AvgIpc) is 2.61. The molecule has 0 saturated carbocycles. The SMILES string of the molecule is O=C(O)C(=O)/C=C/c1c(Cl)nc2ccccn12. The van der Waals surface area contributed by atoms with Crippen LogP contribution in [-0.4, -0.2) is 26.2 Å². The van der Waals surface area contributed by atoms with Gasteiger partial charge in [0, 0.05) is 6.20 Å². The van der Waals surface area contributed by atoms with E-state index in [9.17, 15) is 9.59 Å². The van der Waals surface area contributed by atoms with Gasteiger partial charge in [0.25, 0.3) is 5.78 Å². The highest BCUT2D eigenvalue weighted by Crippen LogP contribution is 2.18. The van der Waals surface area contributed by atoms with Crippen LogP contribution in [0.15, 0.2) is 30.5 Å². The molecule has 1 N–H and O–H groups in total. The first-order valence-electron chi connectivity index (χ1n) is 4.67. The van der Waals surface area contributed by atoms with Crippen molar-refractivity contribution in [3.8, 4) is 0 Å². The monoisotopic (exact) mass is 250 g/mol. The van der Waals surface area contributed by atoms with E-state index in [-0.39, 0.29) is 5.15 Å². The van der Waals surface area contributed by atoms with Crippen LogP contribution < -0.4 is 0 Å². The number of carbonyl (C=O) groups excluding carboxylic acids is 1. The van der Waals surface area contributed by atoms with Crippen molar-refractivity contribution in [3.05, 3.63) is 41.3 Å². The van der Waals surface area contributed by atoms with Crippen LogP contribution in [0.3, 0.4) is 0 Å². The summed E-state index contributed by atoms with van der Waals surface area (Å²) in [4.78, 5) is 25.3. The van der Waals surface area contributed by atoms with E-state index in [0.29, 0.717) is 11.3 Å². The van der Waals surface area contributed by atoms with E-state index in [2.05, 4.69) is 4.98 Å². The van der Waals surface area contributed by atoms with Crippen LogP contribution in [0.5, 0.6) is 0 Å². The van der Waals surface area contributed by atoms with Crippen molar-refractivity contribution in [1.82, 2.24) is 9.38 Å². The standard InChI is InChI=1S/C11H7ClN2O3/c12-10-7(4-5-8(15)11(16)17)14-6-2-1-3-9(14)13-10/h1-6H,(H,16,17)/b5-4+. The van der Waals surface area contributed by atoms with E-state index in [4.69, 9.17) is 16.7 Å². The fourth-order valence-corrected chi connectivity index (χ4v) is 1.60. The van der Waals surface area contributed by atoms with Crippen molar-refractivity contribution in [3.63, 3.8) is 0 Å². The van der Waals surface area contributed by atoms with Crippen LogP contribution in [0.2, 0.25) is 5.15 Å². The molecule has 0 radical (unpaired) electrons. The van der Waals surface area contributed by atoms with E-state index < -0.39 is 11.8 Å². The van der Waals surface area contributed by atoms with Gasteiger partial charge in [0.2, 0.25) is 0 Å². The van der Waals surface area contributed by atoms with Crippen LogP contribution in [0.1, 0.15) is 5.69 Å². The van der Waals surface area contributed by atoms with Gasteiger partial charge in [-0.3, -0.25) is 9.20 Å². The third-order valence-corrected chi connectivity index (χ3v) is 2.40. The molecule has 0 unspecified atom stereocenters. The minimum absolute atomic E-state index is 0.214. The average molecular weight is 251 g/mol. The lowest BCUT2D eigenvalue weighted by molar-refractivity contribution is -0.146. The zero-order chi connectivity index (χ0) is 12.4. The number of ketones is 1. The number of nitrogens with zero attached hydrogens (tertiary/aromatic N) is 2. The predicted molar refractivity (Wildman–Crippen MR) is 61.9 cm³/mol. The molecule has 0 bridgehead atoms. The van der Waals surface area contributed by atoms with Crippen molar-refractivity contribution in [1.29, 1.82) is 0 Å². The summed E-state index contributed by atoms with van der Waals surface area (Å²) in [5.41, 5.74) is 1.09. The summed E-state index contributed by atoms with van der Waals surface area (Å²) in [6.45, 7) is 0. The third-order valence-electron chi connectivity index (χ3n) is 2.13. The number of carboxylic acid groups (broad SMARTS) is 1. The molecule has 0 aliphatic heterocycles. The highest BCUT2D eigenvalue weighted by molar-refractivity contribution is 6.38. The van der Waals surface area contributed by atoms with Gasteiger partial charge in [0.05, 0.1) is 5.69 Å². The molecular weight excluding hydrogens is 244 g/mol. The van der Waals surface area contributed by atoms with Gasteiger partial charge in [-0.1, -0.05) is 17.7 Å². The van der Waals surface area contributed by atoms with E-state index in [1.165, 1.54) is 6.08 Å². The van der Waals surface area contributed by atoms with Crippen LogP contribution in [0.25, 0.3) is 11.7 Å². The molecule has 0 aliphatic carbocycles. The lowest BCUT2D eigenvalue weighted by Crippen LogP contribution is -2.08. The van der Waals surface area contributed by atoms with E-state index >= 15 is 0 Å². The normalized spacial score (nSPS) is 11.1. The lowest BCUT2D eigenvalue weighted by Gasteiger charge is -1.94. The van der Waals surface area contributed by atoms with Crippen molar-refractivity contribution < 1.29 is 14.7 Å². The Hall–Kier alpha value is -2.14. The number of aromatic nitrogens is 2. The minimum atomic E-state index is -1.51. The topological polar surface area (TPSA) is 71.7 Å². The molecule has 2 rings (SSSR count). The number of fused-ring (bicyclic) bond motifs is 1. The number of rotatable bonds is 3. The van der Waals surface area contributed by atoms with E-state index in [1.54, 1.807) is 28.8 Å². The van der Waals surface area contributed by atoms with Gasteiger partial charge >= 0.3 is 5.97 Å². The number of aliphatic carboxylic acids is 1. The van der Waals surface area contributed by atoms with Crippen LogP contribution >= 0.6 is 11.6 Å². The summed E-state index contributed by atoms with van der Waals surface area (Å²) in [7, 11) is 0. The molecule has 0 amide bonds. The van der Waals surface area contributed by atoms with Gasteiger partial charge in [-0.2, -0.15) is 0 Å². The summed E-state index contributed by atoms with van der Waals surface area (Å²) >= 11 is 5.89. The number of imidazole rings is 1. The van der Waals surface area contributed by atoms with Crippen LogP contribution in [0, 0.1) is 0 Å². The quantitative estimate of drug-likeness (QED) is 0.664. The molecule has 2 heterocycles. The maximum Gasteiger partial charge on any atom is 0.376 e. The highest BCUT2D eigenvalue weighted by atomic mass is 35.5. The van der Waals surface area contributed by atoms with Gasteiger partial charge in [-0.25, -0.2) is 9.78 Å². The molecule has 0 aromatic carbocycles. The zero-order valence-corrected chi connectivity index (χ0v) is 9.26. The fraction of sp³-hybridized carbons (Fsp3) is 0. The molecule has 6 heteroatoms. The number of carbonyl (C=O) groups is 2. The summed E-state index contributed by atoms with van der Waals surface area (Å²) in [6.07, 6.45) is 4.00. The van der Waals surface area contributed by atoms with Gasteiger partial charge in [-0.05, 0) is 24.3 Å². The number of carboxylic acids is 1. The summed E-state index contributed by atoms with van der Waals surface area (Å²) in [6, 6.07) is 5.33. The molecule has 0 atom stereocenters. The largest absolute Gasteiger partial charge is 0.475 e. The molecule has 5 nitrogen and oxygen atoms in total. The molecule has 17 heavy (non-hydrogen) atoms. The molecule has 86 valence electrons. The zero-order valence-electron chi connectivity index (χ0n) is 8.50. The van der Waals surface area contributed by atoms with Crippen LogP contribution in [0.4, 0.5) is 0 Å². The second-order valence-corrected chi connectivity index (χ2v) is 3.58. The molecular formula is C11H7ClN2O3. The fourth-order valence-electron chi connectivity index (χ4n) is 1.36. The van der Waals surface area contributed by atoms with E-state index in [0.717, 1.165) is 6.08 Å². The Bertz CT molecular complexity index is 631. The molecule has 0 saturated heterocycles. The van der Waals surface area contributed by atoms with E-state index in [1.807, 2.05) is 0 Å². The van der Waals surface area contributed by atoms with Gasteiger partial charge in [-0.15, -0.1) is 0 Å². The lowest BCUT2D eigenvalue weighted by atomic mass is 10.3. The predicted octanol–water partition coefficient (Wildman–Crippen LogP) is 1.65. The van der Waals surface area contributed by atoms with Gasteiger partial charge in [0.15, 0.2) is 5.15 Å². The minimum Gasteiger partial charge on any atom is -0.475 e. The Morgan fingerprint density at radius 1 is 1.41 bits per heavy atom. The van der Waals surface area contributed by atoms with Crippen molar-refractivity contribution in [2.75, 3.05) is 0 Å². The summed E-state index contributed by atoms with van der Waals surface area (Å²) in [5.74, 6) is -2.52. The molecule has 0 fully saturated rings. The molecule has 2 aromatic rings. The molecule has 0 spiro atoms. The second kappa shape index (κ2) is 4.39. The highest BCUT2D eigenvalue weighted by Gasteiger charge is 2.09. The summed E-state index contributed by atoms with van der Waals surface area (Å²) in [5, 5.41) is 8.65. The Morgan fingerprint density at radius 3 is 2.88 bits per heavy atom. The first-order chi connectivity index (χ1) is 8.09. The van der Waals surface area contributed by atoms with Gasteiger partial charge < -0.3 is 5.11 Å². The summed E-state index contributed by atoms with van der Waals surface area (Å²) < 4.78 is 1.66. The number of halogens is 1. The second-order valence-electron chi connectivity index (χ2n) is 3.22. The maximum absolute atomic E-state index is 10.9. The maximum atomic E-state index is 10.9. The van der Waals surface area contributed by atoms with Crippen molar-refractivity contribution >= 4 is 35.1 Å². The Balaban J connectivity index is 2.45. The number of pyridine rings is 1. The Kier molecular flexibility index (Phi) is 2.93. The number of hydrogen-bond donors (Lipinski definition) is 1. The number of hydrogen-bond acceptors (Lipinski definition) is 3. The molecule has 0 aliphatic rings. The Labute approximate surface area is 101 Å². The third kappa shape index (κ3) is 2.19. The molecule has 2 aromatic heterocycles. The Morgan fingerprint density at radius 2 is 2.18 bits per heavy atom.